The number of carbonyl (C=O) groups is 1. The van der Waals surface area contributed by atoms with Gasteiger partial charge in [0.25, 0.3) is 0 Å². The summed E-state index contributed by atoms with van der Waals surface area (Å²) in [6.45, 7) is 4.96. The predicted molar refractivity (Wildman–Crippen MR) is 93.7 cm³/mol. The minimum atomic E-state index is -3.71. The van der Waals surface area contributed by atoms with E-state index in [1.165, 1.54) is 16.4 Å². The van der Waals surface area contributed by atoms with Crippen LogP contribution in [0, 0.1) is 5.82 Å². The van der Waals surface area contributed by atoms with Gasteiger partial charge < -0.3 is 15.0 Å². The minimum Gasteiger partial charge on any atom is -0.369 e. The molecule has 2 bridgehead atoms. The molecular weight excluding hydrogens is 361 g/mol. The summed E-state index contributed by atoms with van der Waals surface area (Å²) in [6, 6.07) is 4.74. The van der Waals surface area contributed by atoms with Gasteiger partial charge in [-0.05, 0) is 37.6 Å². The maximum atomic E-state index is 13.1. The summed E-state index contributed by atoms with van der Waals surface area (Å²) < 4.78 is 45.8. The molecule has 0 saturated carbocycles. The molecule has 2 aliphatic heterocycles. The fourth-order valence-electron chi connectivity index (χ4n) is 3.18. The zero-order chi connectivity index (χ0) is 18.9. The van der Waals surface area contributed by atoms with Crippen molar-refractivity contribution in [2.24, 2.45) is 0 Å². The average molecular weight is 385 g/mol. The molecule has 26 heavy (non-hydrogen) atoms. The molecule has 2 amide bonds. The maximum absolute atomic E-state index is 13.1. The number of morpholine rings is 2. The van der Waals surface area contributed by atoms with Gasteiger partial charge in [-0.25, -0.2) is 17.6 Å². The molecule has 7 nitrogen and oxygen atoms in total. The standard InChI is InChI=1S/C17H24FN3O4S/c1-3-12(2)19-17(22)20-8-14-10-21(11-15(9-20)25-14)26(23,24)16-6-4-13(18)5-7-16/h4-7,12,14-15H,3,8-11H2,1-2H3,(H,19,22). The molecular formula is C17H24FN3O4S. The number of nitrogens with zero attached hydrogens (tertiary/aromatic N) is 2. The van der Waals surface area contributed by atoms with Crippen molar-refractivity contribution in [2.45, 2.75) is 43.4 Å². The Morgan fingerprint density at radius 3 is 2.35 bits per heavy atom. The van der Waals surface area contributed by atoms with E-state index in [1.54, 1.807) is 4.90 Å². The van der Waals surface area contributed by atoms with Gasteiger partial charge in [-0.2, -0.15) is 4.31 Å². The van der Waals surface area contributed by atoms with Crippen molar-refractivity contribution in [1.29, 1.82) is 0 Å². The molecule has 0 aliphatic carbocycles. The van der Waals surface area contributed by atoms with E-state index in [0.29, 0.717) is 13.1 Å². The number of urea groups is 1. The Bertz CT molecular complexity index is 742. The quantitative estimate of drug-likeness (QED) is 0.850. The number of hydrogen-bond donors (Lipinski definition) is 1. The van der Waals surface area contributed by atoms with Crippen molar-refractivity contribution in [2.75, 3.05) is 26.2 Å². The zero-order valence-corrected chi connectivity index (χ0v) is 15.7. The molecule has 2 heterocycles. The van der Waals surface area contributed by atoms with Crippen LogP contribution >= 0.6 is 0 Å². The van der Waals surface area contributed by atoms with Crippen molar-refractivity contribution >= 4 is 16.1 Å². The SMILES string of the molecule is CCC(C)NC(=O)N1CC2CN(S(=O)(=O)c3ccc(F)cc3)CC(C1)O2. The van der Waals surface area contributed by atoms with Gasteiger partial charge in [0.1, 0.15) is 5.82 Å². The molecule has 2 fully saturated rings. The summed E-state index contributed by atoms with van der Waals surface area (Å²) in [7, 11) is -3.71. The van der Waals surface area contributed by atoms with Crippen LogP contribution in [-0.4, -0.2) is 68.1 Å². The molecule has 0 radical (unpaired) electrons. The van der Waals surface area contributed by atoms with Crippen molar-refractivity contribution < 1.29 is 22.3 Å². The minimum absolute atomic E-state index is 0.0604. The van der Waals surface area contributed by atoms with Gasteiger partial charge in [0.15, 0.2) is 0 Å². The van der Waals surface area contributed by atoms with Gasteiger partial charge in [-0.3, -0.25) is 0 Å². The topological polar surface area (TPSA) is 79.0 Å². The average Bonchev–Trinajstić information content (AvgIpc) is 2.61. The third-order valence-electron chi connectivity index (χ3n) is 4.77. The second kappa shape index (κ2) is 7.50. The summed E-state index contributed by atoms with van der Waals surface area (Å²) in [5.74, 6) is -0.481. The predicted octanol–water partition coefficient (Wildman–Crippen LogP) is 1.41. The van der Waals surface area contributed by atoms with E-state index in [0.717, 1.165) is 18.6 Å². The van der Waals surface area contributed by atoms with Gasteiger partial charge in [0.05, 0.1) is 30.2 Å². The highest BCUT2D eigenvalue weighted by molar-refractivity contribution is 7.89. The highest BCUT2D eigenvalue weighted by Gasteiger charge is 2.41. The van der Waals surface area contributed by atoms with Crippen LogP contribution in [0.4, 0.5) is 9.18 Å². The molecule has 144 valence electrons. The molecule has 2 saturated heterocycles. The van der Waals surface area contributed by atoms with Crippen LogP contribution in [0.25, 0.3) is 0 Å². The first-order chi connectivity index (χ1) is 12.3. The second-order valence-corrected chi connectivity index (χ2v) is 8.76. The molecule has 1 N–H and O–H groups in total. The monoisotopic (exact) mass is 385 g/mol. The van der Waals surface area contributed by atoms with Gasteiger partial charge in [0.2, 0.25) is 10.0 Å². The first kappa shape index (κ1) is 19.1. The third kappa shape index (κ3) is 3.99. The highest BCUT2D eigenvalue weighted by Crippen LogP contribution is 2.25. The number of sulfonamides is 1. The van der Waals surface area contributed by atoms with Gasteiger partial charge in [-0.15, -0.1) is 0 Å². The summed E-state index contributed by atoms with van der Waals surface area (Å²) >= 11 is 0. The number of carbonyl (C=O) groups excluding carboxylic acids is 1. The van der Waals surface area contributed by atoms with E-state index in [-0.39, 0.29) is 42.3 Å². The molecule has 0 spiro atoms. The van der Waals surface area contributed by atoms with Crippen LogP contribution in [0.1, 0.15) is 20.3 Å². The molecule has 3 unspecified atom stereocenters. The van der Waals surface area contributed by atoms with E-state index in [4.69, 9.17) is 4.74 Å². The van der Waals surface area contributed by atoms with Crippen LogP contribution in [0.2, 0.25) is 0 Å². The zero-order valence-electron chi connectivity index (χ0n) is 14.9. The smallest absolute Gasteiger partial charge is 0.317 e. The molecule has 0 aromatic heterocycles. The Hall–Kier alpha value is -1.71. The maximum Gasteiger partial charge on any atom is 0.317 e. The normalized spacial score (nSPS) is 25.0. The van der Waals surface area contributed by atoms with Crippen molar-refractivity contribution in [3.8, 4) is 0 Å². The lowest BCUT2D eigenvalue weighted by Crippen LogP contribution is -2.62. The van der Waals surface area contributed by atoms with Crippen molar-refractivity contribution in [3.05, 3.63) is 30.1 Å². The Kier molecular flexibility index (Phi) is 5.50. The van der Waals surface area contributed by atoms with E-state index in [1.807, 2.05) is 13.8 Å². The van der Waals surface area contributed by atoms with Crippen LogP contribution in [-0.2, 0) is 14.8 Å². The number of nitrogens with one attached hydrogen (secondary N) is 1. The largest absolute Gasteiger partial charge is 0.369 e. The number of halogens is 1. The summed E-state index contributed by atoms with van der Waals surface area (Å²) in [4.78, 5) is 14.1. The van der Waals surface area contributed by atoms with Crippen LogP contribution in [0.15, 0.2) is 29.2 Å². The summed E-state index contributed by atoms with van der Waals surface area (Å²) in [6.07, 6.45) is 0.0907. The second-order valence-electron chi connectivity index (χ2n) is 6.82. The first-order valence-corrected chi connectivity index (χ1v) is 10.2. The number of rotatable bonds is 4. The lowest BCUT2D eigenvalue weighted by Gasteiger charge is -2.45. The number of amides is 2. The first-order valence-electron chi connectivity index (χ1n) is 8.76. The summed E-state index contributed by atoms with van der Waals surface area (Å²) in [5.41, 5.74) is 0. The Morgan fingerprint density at radius 2 is 1.81 bits per heavy atom. The van der Waals surface area contributed by atoms with E-state index in [9.17, 15) is 17.6 Å². The molecule has 2 aliphatic rings. The lowest BCUT2D eigenvalue weighted by atomic mass is 10.1. The Balaban J connectivity index is 1.68. The number of ether oxygens (including phenoxy) is 1. The lowest BCUT2D eigenvalue weighted by molar-refractivity contribution is -0.111. The molecule has 1 aromatic rings. The molecule has 9 heteroatoms. The van der Waals surface area contributed by atoms with Crippen molar-refractivity contribution in [3.63, 3.8) is 0 Å². The number of hydrogen-bond acceptors (Lipinski definition) is 4. The number of benzene rings is 1. The number of fused-ring (bicyclic) bond motifs is 2. The van der Waals surface area contributed by atoms with E-state index >= 15 is 0 Å². The van der Waals surface area contributed by atoms with E-state index in [2.05, 4.69) is 5.32 Å². The van der Waals surface area contributed by atoms with E-state index < -0.39 is 15.8 Å². The fraction of sp³-hybridized carbons (Fsp3) is 0.588. The molecule has 1 aromatic carbocycles. The van der Waals surface area contributed by atoms with Crippen LogP contribution in [0.3, 0.4) is 0 Å². The van der Waals surface area contributed by atoms with Gasteiger partial charge in [-0.1, -0.05) is 6.92 Å². The van der Waals surface area contributed by atoms with Gasteiger partial charge in [0, 0.05) is 19.1 Å². The van der Waals surface area contributed by atoms with Crippen LogP contribution < -0.4 is 5.32 Å². The van der Waals surface area contributed by atoms with Gasteiger partial charge >= 0.3 is 6.03 Å². The summed E-state index contributed by atoms with van der Waals surface area (Å²) in [5, 5.41) is 2.93. The molecule has 3 rings (SSSR count). The Morgan fingerprint density at radius 1 is 1.23 bits per heavy atom. The Labute approximate surface area is 153 Å². The molecule has 3 atom stereocenters. The third-order valence-corrected chi connectivity index (χ3v) is 6.61. The fourth-order valence-corrected chi connectivity index (χ4v) is 4.68. The van der Waals surface area contributed by atoms with Crippen LogP contribution in [0.5, 0.6) is 0 Å². The highest BCUT2D eigenvalue weighted by atomic mass is 32.2. The van der Waals surface area contributed by atoms with Crippen molar-refractivity contribution in [1.82, 2.24) is 14.5 Å².